The van der Waals surface area contributed by atoms with Gasteiger partial charge in [0, 0.05) is 45.5 Å². The van der Waals surface area contributed by atoms with Crippen LogP contribution in [0, 0.1) is 6.92 Å². The highest BCUT2D eigenvalue weighted by Gasteiger charge is 2.27. The third kappa shape index (κ3) is 5.07. The van der Waals surface area contributed by atoms with Gasteiger partial charge in [-0.2, -0.15) is 4.31 Å². The van der Waals surface area contributed by atoms with Crippen molar-refractivity contribution in [3.63, 3.8) is 0 Å². The number of hydrogen-bond donors (Lipinski definition) is 0. The number of rotatable bonds is 5. The summed E-state index contributed by atoms with van der Waals surface area (Å²) >= 11 is 0. The Balaban J connectivity index is 1.33. The van der Waals surface area contributed by atoms with E-state index in [1.54, 1.807) is 16.4 Å². The van der Waals surface area contributed by atoms with Crippen LogP contribution < -0.4 is 4.90 Å². The van der Waals surface area contributed by atoms with E-state index in [1.165, 1.54) is 11.8 Å². The monoisotopic (exact) mass is 442 g/mol. The second-order valence-corrected chi connectivity index (χ2v) is 10.3. The molecule has 2 aliphatic rings. The summed E-state index contributed by atoms with van der Waals surface area (Å²) in [7, 11) is -3.46. The minimum atomic E-state index is -3.46. The van der Waals surface area contributed by atoms with Crippen LogP contribution in [0.2, 0.25) is 0 Å². The zero-order chi connectivity index (χ0) is 21.8. The van der Waals surface area contributed by atoms with Crippen molar-refractivity contribution in [3.05, 3.63) is 53.7 Å². The van der Waals surface area contributed by atoms with Crippen LogP contribution in [0.4, 0.5) is 5.82 Å². The maximum atomic E-state index is 12.8. The van der Waals surface area contributed by atoms with E-state index in [4.69, 9.17) is 0 Å². The number of aromatic nitrogens is 1. The fourth-order valence-electron chi connectivity index (χ4n) is 4.14. The number of pyridine rings is 1. The van der Waals surface area contributed by atoms with E-state index in [0.717, 1.165) is 30.6 Å². The van der Waals surface area contributed by atoms with Gasteiger partial charge < -0.3 is 9.80 Å². The zero-order valence-corrected chi connectivity index (χ0v) is 18.9. The first-order chi connectivity index (χ1) is 14.9. The van der Waals surface area contributed by atoms with Gasteiger partial charge in [-0.25, -0.2) is 13.4 Å². The van der Waals surface area contributed by atoms with Crippen molar-refractivity contribution in [2.75, 3.05) is 44.2 Å². The van der Waals surface area contributed by atoms with Crippen LogP contribution in [-0.2, 0) is 21.2 Å². The predicted octanol–water partition coefficient (Wildman–Crippen LogP) is 2.46. The molecule has 31 heavy (non-hydrogen) atoms. The average Bonchev–Trinajstić information content (AvgIpc) is 2.81. The molecule has 0 saturated carbocycles. The number of aryl methyl sites for hydroxylation is 1. The number of anilines is 1. The standard InChI is InChI=1S/C23H30N4O3S/c1-19-5-7-20(8-6-19)17-23(28)26-15-13-25(14-16-26)22-10-9-21(18-24-22)31(29,30)27-11-3-2-4-12-27/h5-10,18H,2-4,11-17H2,1H3. The lowest BCUT2D eigenvalue weighted by Gasteiger charge is -2.35. The molecule has 2 aliphatic heterocycles. The second kappa shape index (κ2) is 9.36. The number of nitrogens with zero attached hydrogens (tertiary/aromatic N) is 4. The molecule has 0 radical (unpaired) electrons. The molecule has 3 heterocycles. The van der Waals surface area contributed by atoms with Crippen LogP contribution in [-0.4, -0.2) is 67.8 Å². The Morgan fingerprint density at radius 3 is 2.19 bits per heavy atom. The Hall–Kier alpha value is -2.45. The van der Waals surface area contributed by atoms with E-state index < -0.39 is 10.0 Å². The van der Waals surface area contributed by atoms with Gasteiger partial charge in [0.15, 0.2) is 0 Å². The van der Waals surface area contributed by atoms with E-state index in [0.29, 0.717) is 45.7 Å². The summed E-state index contributed by atoms with van der Waals surface area (Å²) in [6.45, 7) is 5.86. The molecule has 166 valence electrons. The quantitative estimate of drug-likeness (QED) is 0.711. The number of hydrogen-bond acceptors (Lipinski definition) is 5. The van der Waals surface area contributed by atoms with Gasteiger partial charge in [0.05, 0.1) is 6.42 Å². The molecule has 0 bridgehead atoms. The minimum Gasteiger partial charge on any atom is -0.353 e. The number of benzene rings is 1. The van der Waals surface area contributed by atoms with Gasteiger partial charge in [-0.1, -0.05) is 36.2 Å². The molecule has 2 saturated heterocycles. The van der Waals surface area contributed by atoms with Gasteiger partial charge in [-0.3, -0.25) is 4.79 Å². The van der Waals surface area contributed by atoms with Crippen LogP contribution in [0.1, 0.15) is 30.4 Å². The van der Waals surface area contributed by atoms with Crippen molar-refractivity contribution >= 4 is 21.7 Å². The average molecular weight is 443 g/mol. The highest BCUT2D eigenvalue weighted by molar-refractivity contribution is 7.89. The molecule has 0 N–H and O–H groups in total. The molecule has 2 fully saturated rings. The summed E-state index contributed by atoms with van der Waals surface area (Å²) in [5.41, 5.74) is 2.22. The Labute approximate surface area is 184 Å². The fraction of sp³-hybridized carbons (Fsp3) is 0.478. The molecule has 4 rings (SSSR count). The summed E-state index contributed by atoms with van der Waals surface area (Å²) in [6, 6.07) is 11.5. The first-order valence-corrected chi connectivity index (χ1v) is 12.4. The second-order valence-electron chi connectivity index (χ2n) is 8.35. The largest absolute Gasteiger partial charge is 0.353 e. The van der Waals surface area contributed by atoms with E-state index in [1.807, 2.05) is 36.1 Å². The van der Waals surface area contributed by atoms with Gasteiger partial charge >= 0.3 is 0 Å². The maximum Gasteiger partial charge on any atom is 0.244 e. The summed E-state index contributed by atoms with van der Waals surface area (Å²) in [5, 5.41) is 0. The van der Waals surface area contributed by atoms with Crippen molar-refractivity contribution < 1.29 is 13.2 Å². The van der Waals surface area contributed by atoms with Crippen molar-refractivity contribution in [2.24, 2.45) is 0 Å². The highest BCUT2D eigenvalue weighted by atomic mass is 32.2. The number of sulfonamides is 1. The van der Waals surface area contributed by atoms with Crippen LogP contribution in [0.15, 0.2) is 47.5 Å². The highest BCUT2D eigenvalue weighted by Crippen LogP contribution is 2.22. The summed E-state index contributed by atoms with van der Waals surface area (Å²) in [6.07, 6.45) is 4.80. The van der Waals surface area contributed by atoms with Crippen LogP contribution in [0.5, 0.6) is 0 Å². The van der Waals surface area contributed by atoms with Crippen molar-refractivity contribution in [1.29, 1.82) is 0 Å². The molecule has 1 amide bonds. The van der Waals surface area contributed by atoms with Gasteiger partial charge in [0.25, 0.3) is 0 Å². The molecular formula is C23H30N4O3S. The third-order valence-electron chi connectivity index (χ3n) is 6.11. The zero-order valence-electron chi connectivity index (χ0n) is 18.0. The summed E-state index contributed by atoms with van der Waals surface area (Å²) < 4.78 is 27.1. The van der Waals surface area contributed by atoms with E-state index in [-0.39, 0.29) is 10.8 Å². The molecule has 8 heteroatoms. The molecule has 7 nitrogen and oxygen atoms in total. The normalized spacial score (nSPS) is 18.2. The molecule has 0 unspecified atom stereocenters. The van der Waals surface area contributed by atoms with Crippen LogP contribution in [0.3, 0.4) is 0 Å². The van der Waals surface area contributed by atoms with Gasteiger partial charge in [-0.15, -0.1) is 0 Å². The SMILES string of the molecule is Cc1ccc(CC(=O)N2CCN(c3ccc(S(=O)(=O)N4CCCCC4)cn3)CC2)cc1. The molecule has 0 atom stereocenters. The fourth-order valence-corrected chi connectivity index (χ4v) is 5.61. The maximum absolute atomic E-state index is 12.8. The van der Waals surface area contributed by atoms with Gasteiger partial charge in [0.2, 0.25) is 15.9 Å². The van der Waals surface area contributed by atoms with Crippen molar-refractivity contribution in [1.82, 2.24) is 14.2 Å². The molecule has 0 spiro atoms. The topological polar surface area (TPSA) is 73.8 Å². The number of piperazine rings is 1. The van der Waals surface area contributed by atoms with Crippen molar-refractivity contribution in [3.8, 4) is 0 Å². The predicted molar refractivity (Wildman–Crippen MR) is 121 cm³/mol. The lowest BCUT2D eigenvalue weighted by Crippen LogP contribution is -2.49. The molecule has 2 aromatic rings. The Morgan fingerprint density at radius 2 is 1.58 bits per heavy atom. The molecule has 0 aliphatic carbocycles. The number of piperidine rings is 1. The van der Waals surface area contributed by atoms with Gasteiger partial charge in [-0.05, 0) is 37.5 Å². The number of carbonyl (C=O) groups is 1. The van der Waals surface area contributed by atoms with E-state index >= 15 is 0 Å². The Morgan fingerprint density at radius 1 is 0.903 bits per heavy atom. The first-order valence-electron chi connectivity index (χ1n) is 11.0. The minimum absolute atomic E-state index is 0.138. The van der Waals surface area contributed by atoms with Crippen molar-refractivity contribution in [2.45, 2.75) is 37.5 Å². The van der Waals surface area contributed by atoms with E-state index in [9.17, 15) is 13.2 Å². The van der Waals surface area contributed by atoms with Crippen LogP contribution >= 0.6 is 0 Å². The first kappa shape index (κ1) is 21.8. The van der Waals surface area contributed by atoms with Crippen LogP contribution in [0.25, 0.3) is 0 Å². The summed E-state index contributed by atoms with van der Waals surface area (Å²) in [4.78, 5) is 21.3. The third-order valence-corrected chi connectivity index (χ3v) is 7.99. The summed E-state index contributed by atoms with van der Waals surface area (Å²) in [5.74, 6) is 0.891. The lowest BCUT2D eigenvalue weighted by atomic mass is 10.1. The smallest absolute Gasteiger partial charge is 0.244 e. The molecule has 1 aromatic heterocycles. The number of amides is 1. The molecule has 1 aromatic carbocycles. The van der Waals surface area contributed by atoms with Gasteiger partial charge in [0.1, 0.15) is 10.7 Å². The Bertz CT molecular complexity index is 992. The Kier molecular flexibility index (Phi) is 6.57. The molecular weight excluding hydrogens is 412 g/mol. The van der Waals surface area contributed by atoms with E-state index in [2.05, 4.69) is 9.88 Å². The lowest BCUT2D eigenvalue weighted by molar-refractivity contribution is -0.130. The number of carbonyl (C=O) groups excluding carboxylic acids is 1.